The van der Waals surface area contributed by atoms with Gasteiger partial charge >= 0.3 is 6.09 Å². The summed E-state index contributed by atoms with van der Waals surface area (Å²) in [5, 5.41) is 0. The van der Waals surface area contributed by atoms with Gasteiger partial charge < -0.3 is 14.5 Å². The average molecular weight is 316 g/mol. The van der Waals surface area contributed by atoms with Crippen LogP contribution in [0.5, 0.6) is 0 Å². The van der Waals surface area contributed by atoms with E-state index in [1.54, 1.807) is 11.9 Å². The smallest absolute Gasteiger partial charge is 0.410 e. The highest BCUT2D eigenvalue weighted by atomic mass is 32.2. The van der Waals surface area contributed by atoms with E-state index in [1.807, 2.05) is 0 Å². The number of likely N-dealkylation sites (N-methyl/N-ethyl adjacent to an activating group) is 1. The number of hydrogen-bond acceptors (Lipinski definition) is 5. The largest absolute Gasteiger partial charge is 0.441 e. The Morgan fingerprint density at radius 3 is 2.62 bits per heavy atom. The molecular formula is C14H24N2O4S. The van der Waals surface area contributed by atoms with Gasteiger partial charge in [-0.25, -0.2) is 13.2 Å². The molecule has 0 aromatic heterocycles. The highest BCUT2D eigenvalue weighted by Crippen LogP contribution is 2.33. The summed E-state index contributed by atoms with van der Waals surface area (Å²) in [5.41, 5.74) is -0.305. The standard InChI is InChI=1S/C14H24N2O4S/c1-15-11-14(20-13(15)17)4-6-16(7-5-14)9-12-3-2-8-21(18,19)10-12/h12H,2-11H2,1H3/t12-/m1/s1. The molecule has 0 radical (unpaired) electrons. The monoisotopic (exact) mass is 316 g/mol. The van der Waals surface area contributed by atoms with Gasteiger partial charge in [-0.15, -0.1) is 0 Å². The van der Waals surface area contributed by atoms with Crippen LogP contribution in [0, 0.1) is 5.92 Å². The number of hydrogen-bond donors (Lipinski definition) is 0. The first-order valence-electron chi connectivity index (χ1n) is 7.74. The molecule has 0 aliphatic carbocycles. The van der Waals surface area contributed by atoms with Gasteiger partial charge in [-0.3, -0.25) is 0 Å². The molecule has 1 amide bonds. The summed E-state index contributed by atoms with van der Waals surface area (Å²) in [6.07, 6.45) is 3.29. The van der Waals surface area contributed by atoms with Crippen molar-refractivity contribution in [1.82, 2.24) is 9.80 Å². The van der Waals surface area contributed by atoms with Crippen molar-refractivity contribution in [1.29, 1.82) is 0 Å². The second-order valence-corrected chi connectivity index (χ2v) is 9.06. The highest BCUT2D eigenvalue weighted by molar-refractivity contribution is 7.91. The molecule has 0 unspecified atom stereocenters. The molecule has 3 saturated heterocycles. The topological polar surface area (TPSA) is 66.9 Å². The van der Waals surface area contributed by atoms with Crippen LogP contribution in [0.4, 0.5) is 4.79 Å². The first-order chi connectivity index (χ1) is 9.88. The van der Waals surface area contributed by atoms with E-state index in [-0.39, 0.29) is 17.6 Å². The third-order valence-corrected chi connectivity index (χ3v) is 6.87. The molecule has 3 fully saturated rings. The van der Waals surface area contributed by atoms with Crippen molar-refractivity contribution in [2.75, 3.05) is 44.7 Å². The SMILES string of the molecule is CN1CC2(CCN(C[C@H]3CCCS(=O)(=O)C3)CC2)OC1=O. The molecule has 1 spiro atoms. The predicted octanol–water partition coefficient (Wildman–Crippen LogP) is 0.728. The maximum absolute atomic E-state index is 11.7. The summed E-state index contributed by atoms with van der Waals surface area (Å²) in [7, 11) is -1.05. The van der Waals surface area contributed by atoms with Gasteiger partial charge in [0.2, 0.25) is 0 Å². The Morgan fingerprint density at radius 2 is 2.05 bits per heavy atom. The summed E-state index contributed by atoms with van der Waals surface area (Å²) in [6.45, 7) is 3.31. The zero-order valence-corrected chi connectivity index (χ0v) is 13.4. The molecule has 3 aliphatic rings. The Morgan fingerprint density at radius 1 is 1.33 bits per heavy atom. The Balaban J connectivity index is 1.51. The normalized spacial score (nSPS) is 32.3. The number of nitrogens with zero attached hydrogens (tertiary/aromatic N) is 2. The molecule has 7 heteroatoms. The fraction of sp³-hybridized carbons (Fsp3) is 0.929. The van der Waals surface area contributed by atoms with E-state index in [0.29, 0.717) is 18.1 Å². The molecule has 21 heavy (non-hydrogen) atoms. The van der Waals surface area contributed by atoms with Gasteiger partial charge in [-0.2, -0.15) is 0 Å². The lowest BCUT2D eigenvalue weighted by Gasteiger charge is -2.39. The first kappa shape index (κ1) is 15.1. The van der Waals surface area contributed by atoms with Gasteiger partial charge in [0.1, 0.15) is 5.60 Å². The molecule has 3 heterocycles. The molecule has 6 nitrogen and oxygen atoms in total. The van der Waals surface area contributed by atoms with Crippen LogP contribution in [-0.4, -0.2) is 74.6 Å². The molecule has 120 valence electrons. The number of sulfone groups is 1. The highest BCUT2D eigenvalue weighted by Gasteiger charge is 2.45. The zero-order valence-electron chi connectivity index (χ0n) is 12.6. The van der Waals surface area contributed by atoms with Crippen molar-refractivity contribution in [3.8, 4) is 0 Å². The van der Waals surface area contributed by atoms with Crippen LogP contribution in [0.3, 0.4) is 0 Å². The van der Waals surface area contributed by atoms with E-state index in [2.05, 4.69) is 4.90 Å². The van der Waals surface area contributed by atoms with Gasteiger partial charge in [-0.1, -0.05) is 0 Å². The van der Waals surface area contributed by atoms with E-state index >= 15 is 0 Å². The predicted molar refractivity (Wildman–Crippen MR) is 78.9 cm³/mol. The third-order valence-electron chi connectivity index (χ3n) is 4.98. The molecule has 3 aliphatic heterocycles. The van der Waals surface area contributed by atoms with Crippen molar-refractivity contribution in [3.63, 3.8) is 0 Å². The molecule has 0 N–H and O–H groups in total. The molecular weight excluding hydrogens is 292 g/mol. The van der Waals surface area contributed by atoms with Gasteiger partial charge in [-0.05, 0) is 18.8 Å². The Labute approximate surface area is 126 Å². The van der Waals surface area contributed by atoms with Crippen LogP contribution in [0.15, 0.2) is 0 Å². The van der Waals surface area contributed by atoms with Crippen molar-refractivity contribution in [2.24, 2.45) is 5.92 Å². The summed E-state index contributed by atoms with van der Waals surface area (Å²) in [6, 6.07) is 0. The number of amides is 1. The quantitative estimate of drug-likeness (QED) is 0.751. The van der Waals surface area contributed by atoms with E-state index in [9.17, 15) is 13.2 Å². The second-order valence-electron chi connectivity index (χ2n) is 6.83. The minimum absolute atomic E-state index is 0.221. The van der Waals surface area contributed by atoms with Crippen LogP contribution in [0.25, 0.3) is 0 Å². The second kappa shape index (κ2) is 5.43. The number of carbonyl (C=O) groups is 1. The Kier molecular flexibility index (Phi) is 3.90. The van der Waals surface area contributed by atoms with E-state index in [1.165, 1.54) is 0 Å². The lowest BCUT2D eigenvalue weighted by Crippen LogP contribution is -2.48. The molecule has 0 saturated carbocycles. The summed E-state index contributed by atoms with van der Waals surface area (Å²) in [5.74, 6) is 0.966. The molecule has 0 aromatic carbocycles. The first-order valence-corrected chi connectivity index (χ1v) is 9.57. The van der Waals surface area contributed by atoms with Crippen molar-refractivity contribution in [2.45, 2.75) is 31.3 Å². The van der Waals surface area contributed by atoms with Crippen molar-refractivity contribution in [3.05, 3.63) is 0 Å². The van der Waals surface area contributed by atoms with Gasteiger partial charge in [0.25, 0.3) is 0 Å². The number of rotatable bonds is 2. The maximum Gasteiger partial charge on any atom is 0.410 e. The van der Waals surface area contributed by atoms with Crippen molar-refractivity contribution < 1.29 is 17.9 Å². The average Bonchev–Trinajstić information content (AvgIpc) is 2.67. The number of piperidine rings is 1. The lowest BCUT2D eigenvalue weighted by molar-refractivity contribution is -0.00235. The fourth-order valence-corrected chi connectivity index (χ4v) is 5.59. The van der Waals surface area contributed by atoms with Crippen LogP contribution in [0.2, 0.25) is 0 Å². The van der Waals surface area contributed by atoms with Gasteiger partial charge in [0.05, 0.1) is 18.1 Å². The maximum atomic E-state index is 11.7. The zero-order chi connectivity index (χ0) is 15.1. The van der Waals surface area contributed by atoms with E-state index in [0.717, 1.165) is 45.3 Å². The lowest BCUT2D eigenvalue weighted by atomic mass is 9.90. The number of likely N-dealkylation sites (tertiary alicyclic amines) is 1. The number of ether oxygens (including phenoxy) is 1. The molecule has 3 rings (SSSR count). The van der Waals surface area contributed by atoms with E-state index < -0.39 is 9.84 Å². The van der Waals surface area contributed by atoms with Crippen LogP contribution in [-0.2, 0) is 14.6 Å². The molecule has 1 atom stereocenters. The number of carbonyl (C=O) groups excluding carboxylic acids is 1. The third kappa shape index (κ3) is 3.34. The van der Waals surface area contributed by atoms with Gasteiger partial charge in [0, 0.05) is 39.5 Å². The molecule has 0 aromatic rings. The summed E-state index contributed by atoms with van der Waals surface area (Å²) in [4.78, 5) is 15.5. The minimum atomic E-state index is -2.82. The van der Waals surface area contributed by atoms with Crippen LogP contribution in [0.1, 0.15) is 25.7 Å². The van der Waals surface area contributed by atoms with Crippen LogP contribution < -0.4 is 0 Å². The summed E-state index contributed by atoms with van der Waals surface area (Å²) >= 11 is 0. The Bertz CT molecular complexity index is 511. The van der Waals surface area contributed by atoms with Gasteiger partial charge in [0.15, 0.2) is 9.84 Å². The van der Waals surface area contributed by atoms with Crippen molar-refractivity contribution >= 4 is 15.9 Å². The summed E-state index contributed by atoms with van der Waals surface area (Å²) < 4.78 is 28.9. The molecule has 0 bridgehead atoms. The van der Waals surface area contributed by atoms with E-state index in [4.69, 9.17) is 4.74 Å². The minimum Gasteiger partial charge on any atom is -0.441 e. The fourth-order valence-electron chi connectivity index (χ4n) is 3.82. The van der Waals surface area contributed by atoms with Crippen LogP contribution >= 0.6 is 0 Å². The Hall–Kier alpha value is -0.820.